The van der Waals surface area contributed by atoms with Crippen molar-refractivity contribution in [1.29, 1.82) is 0 Å². The molecule has 0 aliphatic heterocycles. The lowest BCUT2D eigenvalue weighted by atomic mass is 10.2. The van der Waals surface area contributed by atoms with Gasteiger partial charge in [0.05, 0.1) is 0 Å². The molecule has 2 rings (SSSR count). The van der Waals surface area contributed by atoms with E-state index in [1.54, 1.807) is 17.0 Å². The van der Waals surface area contributed by atoms with Crippen molar-refractivity contribution in [2.45, 2.75) is 20.8 Å². The molecule has 21 heavy (non-hydrogen) atoms. The third-order valence-electron chi connectivity index (χ3n) is 3.12. The molecule has 5 nitrogen and oxygen atoms in total. The average Bonchev–Trinajstić information content (AvgIpc) is 2.49. The molecule has 0 unspecified atom stereocenters. The molecule has 0 saturated carbocycles. The van der Waals surface area contributed by atoms with E-state index >= 15 is 0 Å². The van der Waals surface area contributed by atoms with Gasteiger partial charge in [0.2, 0.25) is 0 Å². The molecule has 1 aromatic heterocycles. The minimum Gasteiger partial charge on any atom is -0.369 e. The molecule has 1 N–H and O–H groups in total. The predicted molar refractivity (Wildman–Crippen MR) is 84.7 cm³/mol. The van der Waals surface area contributed by atoms with Gasteiger partial charge in [-0.1, -0.05) is 12.1 Å². The summed E-state index contributed by atoms with van der Waals surface area (Å²) < 4.78 is 0. The predicted octanol–water partition coefficient (Wildman–Crippen LogP) is 2.88. The first-order valence-electron chi connectivity index (χ1n) is 7.11. The van der Waals surface area contributed by atoms with Crippen LogP contribution in [0.4, 0.5) is 11.5 Å². The Balaban J connectivity index is 2.23. The van der Waals surface area contributed by atoms with E-state index in [4.69, 9.17) is 0 Å². The highest BCUT2D eigenvalue weighted by Crippen LogP contribution is 2.18. The molecule has 1 amide bonds. The molecule has 1 aromatic carbocycles. The molecule has 0 radical (unpaired) electrons. The fourth-order valence-corrected chi connectivity index (χ4v) is 2.10. The van der Waals surface area contributed by atoms with E-state index in [9.17, 15) is 4.79 Å². The third kappa shape index (κ3) is 3.56. The van der Waals surface area contributed by atoms with Crippen molar-refractivity contribution < 1.29 is 4.79 Å². The Bertz CT molecular complexity index is 610. The van der Waals surface area contributed by atoms with Gasteiger partial charge in [0, 0.05) is 18.8 Å². The summed E-state index contributed by atoms with van der Waals surface area (Å²) in [5.74, 6) is 0.534. The van der Waals surface area contributed by atoms with Crippen LogP contribution in [0.3, 0.4) is 0 Å². The van der Waals surface area contributed by atoms with Crippen LogP contribution in [0.15, 0.2) is 36.4 Å². The topological polar surface area (TPSA) is 58.1 Å². The van der Waals surface area contributed by atoms with Gasteiger partial charge >= 0.3 is 0 Å². The van der Waals surface area contributed by atoms with Crippen LogP contribution in [0.5, 0.6) is 0 Å². The number of carbonyl (C=O) groups is 1. The van der Waals surface area contributed by atoms with Crippen molar-refractivity contribution >= 4 is 17.4 Å². The van der Waals surface area contributed by atoms with Gasteiger partial charge in [-0.3, -0.25) is 4.79 Å². The number of hydrogen-bond donors (Lipinski definition) is 1. The van der Waals surface area contributed by atoms with Crippen molar-refractivity contribution in [2.24, 2.45) is 0 Å². The summed E-state index contributed by atoms with van der Waals surface area (Å²) in [5.41, 5.74) is 2.34. The number of carbonyl (C=O) groups excluding carboxylic acids is 1. The average molecular weight is 284 g/mol. The summed E-state index contributed by atoms with van der Waals surface area (Å²) in [6.07, 6.45) is 0. The summed E-state index contributed by atoms with van der Waals surface area (Å²) in [6.45, 7) is 7.29. The Labute approximate surface area is 125 Å². The number of hydrogen-bond acceptors (Lipinski definition) is 4. The van der Waals surface area contributed by atoms with Crippen molar-refractivity contribution in [3.05, 3.63) is 47.7 Å². The Morgan fingerprint density at radius 3 is 2.57 bits per heavy atom. The minimum absolute atomic E-state index is 0.140. The Hall–Kier alpha value is -2.43. The van der Waals surface area contributed by atoms with Crippen LogP contribution < -0.4 is 10.2 Å². The van der Waals surface area contributed by atoms with Crippen LogP contribution in [-0.4, -0.2) is 29.2 Å². The lowest BCUT2D eigenvalue weighted by molar-refractivity contribution is 0.0982. The van der Waals surface area contributed by atoms with Gasteiger partial charge in [-0.15, -0.1) is 10.2 Å². The first kappa shape index (κ1) is 15.0. The van der Waals surface area contributed by atoms with E-state index in [2.05, 4.69) is 15.5 Å². The molecular weight excluding hydrogens is 264 g/mol. The van der Waals surface area contributed by atoms with E-state index in [-0.39, 0.29) is 5.91 Å². The lowest BCUT2D eigenvalue weighted by Gasteiger charge is -2.20. The van der Waals surface area contributed by atoms with Crippen LogP contribution in [0, 0.1) is 6.92 Å². The monoisotopic (exact) mass is 284 g/mol. The number of rotatable bonds is 5. The summed E-state index contributed by atoms with van der Waals surface area (Å²) in [7, 11) is 0. The highest BCUT2D eigenvalue weighted by atomic mass is 16.2. The maximum atomic E-state index is 12.6. The van der Waals surface area contributed by atoms with Gasteiger partial charge in [-0.2, -0.15) is 0 Å². The van der Waals surface area contributed by atoms with E-state index in [1.807, 2.05) is 45.0 Å². The third-order valence-corrected chi connectivity index (χ3v) is 3.12. The quantitative estimate of drug-likeness (QED) is 0.917. The Morgan fingerprint density at radius 1 is 1.19 bits per heavy atom. The van der Waals surface area contributed by atoms with Gasteiger partial charge in [0.25, 0.3) is 5.91 Å². The van der Waals surface area contributed by atoms with E-state index in [0.717, 1.165) is 17.8 Å². The number of nitrogens with zero attached hydrogens (tertiary/aromatic N) is 3. The number of benzene rings is 1. The number of anilines is 2. The van der Waals surface area contributed by atoms with E-state index in [0.29, 0.717) is 18.1 Å². The van der Waals surface area contributed by atoms with Gasteiger partial charge in [-0.05, 0) is 50.6 Å². The minimum atomic E-state index is -0.140. The van der Waals surface area contributed by atoms with E-state index < -0.39 is 0 Å². The molecule has 5 heteroatoms. The lowest BCUT2D eigenvalue weighted by Crippen LogP contribution is -2.31. The molecular formula is C16H20N4O. The highest BCUT2D eigenvalue weighted by Gasteiger charge is 2.17. The molecule has 110 valence electrons. The molecule has 0 aliphatic rings. The van der Waals surface area contributed by atoms with Crippen LogP contribution in [0.1, 0.15) is 29.9 Å². The summed E-state index contributed by atoms with van der Waals surface area (Å²) >= 11 is 0. The van der Waals surface area contributed by atoms with Crippen molar-refractivity contribution in [1.82, 2.24) is 10.2 Å². The van der Waals surface area contributed by atoms with E-state index in [1.165, 1.54) is 0 Å². The highest BCUT2D eigenvalue weighted by molar-refractivity contribution is 6.04. The zero-order chi connectivity index (χ0) is 15.2. The first-order chi connectivity index (χ1) is 10.2. The van der Waals surface area contributed by atoms with Crippen molar-refractivity contribution in [3.63, 3.8) is 0 Å². The Kier molecular flexibility index (Phi) is 4.87. The molecule has 0 spiro atoms. The summed E-state index contributed by atoms with van der Waals surface area (Å²) in [4.78, 5) is 14.3. The van der Waals surface area contributed by atoms with Crippen molar-refractivity contribution in [2.75, 3.05) is 23.3 Å². The van der Waals surface area contributed by atoms with Crippen LogP contribution >= 0.6 is 0 Å². The van der Waals surface area contributed by atoms with Gasteiger partial charge < -0.3 is 10.2 Å². The summed E-state index contributed by atoms with van der Waals surface area (Å²) in [5, 5.41) is 11.1. The molecule has 0 bridgehead atoms. The maximum Gasteiger partial charge on any atom is 0.278 e. The second kappa shape index (κ2) is 6.83. The number of amides is 1. The number of nitrogens with one attached hydrogen (secondary N) is 1. The second-order valence-electron chi connectivity index (χ2n) is 4.72. The molecule has 1 heterocycles. The maximum absolute atomic E-state index is 12.6. The normalized spacial score (nSPS) is 10.2. The van der Waals surface area contributed by atoms with Gasteiger partial charge in [0.1, 0.15) is 5.82 Å². The SMILES string of the molecule is CCNc1ccc(C(=O)N(CC)c2cccc(C)c2)nn1. The fraction of sp³-hybridized carbons (Fsp3) is 0.312. The fourth-order valence-electron chi connectivity index (χ4n) is 2.10. The molecule has 0 aliphatic carbocycles. The largest absolute Gasteiger partial charge is 0.369 e. The standard InChI is InChI=1S/C16H20N4O/c1-4-17-15-10-9-14(18-19-15)16(21)20(5-2)13-8-6-7-12(3)11-13/h6-11H,4-5H2,1-3H3,(H,17,19). The van der Waals surface area contributed by atoms with Crippen LogP contribution in [-0.2, 0) is 0 Å². The first-order valence-corrected chi connectivity index (χ1v) is 7.11. The smallest absolute Gasteiger partial charge is 0.278 e. The summed E-state index contributed by atoms with van der Waals surface area (Å²) in [6, 6.07) is 11.3. The van der Waals surface area contributed by atoms with Crippen LogP contribution in [0.2, 0.25) is 0 Å². The zero-order valence-corrected chi connectivity index (χ0v) is 12.6. The molecule has 0 saturated heterocycles. The number of aryl methyl sites for hydroxylation is 1. The van der Waals surface area contributed by atoms with Crippen molar-refractivity contribution in [3.8, 4) is 0 Å². The zero-order valence-electron chi connectivity index (χ0n) is 12.6. The molecule has 0 atom stereocenters. The Morgan fingerprint density at radius 2 is 2.00 bits per heavy atom. The molecule has 2 aromatic rings. The van der Waals surface area contributed by atoms with Gasteiger partial charge in [0.15, 0.2) is 5.69 Å². The molecule has 0 fully saturated rings. The number of aromatic nitrogens is 2. The van der Waals surface area contributed by atoms with Crippen LogP contribution in [0.25, 0.3) is 0 Å². The second-order valence-corrected chi connectivity index (χ2v) is 4.72. The van der Waals surface area contributed by atoms with Gasteiger partial charge in [-0.25, -0.2) is 0 Å².